The van der Waals surface area contributed by atoms with Crippen LogP contribution >= 0.6 is 0 Å². The minimum atomic E-state index is -0.403. The molecule has 4 fully saturated rings. The van der Waals surface area contributed by atoms with Gasteiger partial charge in [-0.05, 0) is 115 Å². The van der Waals surface area contributed by atoms with E-state index >= 15 is 0 Å². The average Bonchev–Trinajstić information content (AvgIpc) is 2.89. The van der Waals surface area contributed by atoms with Crippen molar-refractivity contribution in [3.8, 4) is 0 Å². The van der Waals surface area contributed by atoms with Crippen LogP contribution in [0.4, 0.5) is 0 Å². The van der Waals surface area contributed by atoms with E-state index in [-0.39, 0.29) is 39.7 Å². The number of aliphatic hydroxyl groups is 1. The summed E-state index contributed by atoms with van der Waals surface area (Å²) in [4.78, 5) is 14.2. The van der Waals surface area contributed by atoms with Gasteiger partial charge < -0.3 is 9.84 Å². The van der Waals surface area contributed by atoms with Crippen LogP contribution in [0.3, 0.4) is 0 Å². The topological polar surface area (TPSA) is 46.5 Å². The Hall–Kier alpha value is -1.61. The Balaban J connectivity index is 1.38. The van der Waals surface area contributed by atoms with Crippen molar-refractivity contribution in [2.75, 3.05) is 0 Å². The van der Waals surface area contributed by atoms with Crippen molar-refractivity contribution in [2.24, 2.45) is 56.7 Å². The van der Waals surface area contributed by atoms with Crippen LogP contribution in [0, 0.1) is 56.7 Å². The molecule has 6 rings (SSSR count). The van der Waals surface area contributed by atoms with E-state index in [1.54, 1.807) is 5.57 Å². The van der Waals surface area contributed by atoms with Gasteiger partial charge in [-0.25, -0.2) is 0 Å². The Morgan fingerprint density at radius 3 is 2.38 bits per heavy atom. The van der Waals surface area contributed by atoms with Crippen molar-refractivity contribution < 1.29 is 14.6 Å². The van der Waals surface area contributed by atoms with Crippen LogP contribution in [0.2, 0.25) is 0 Å². The number of carbonyl (C=O) groups is 1. The SMILES string of the molecule is CC1CC[C@]2(C(=O)OCc3ccccc3)CC[C@]3(C)C(=CC[C@@H]4[C@@]5(C)C[C@H](O)CC(C)(C)[C@@H]5CC[C@]43C)[C@@H]2[C@H]1C. The molecule has 5 aliphatic rings. The smallest absolute Gasteiger partial charge is 0.313 e. The number of aliphatic hydroxyl groups excluding tert-OH is 1. The van der Waals surface area contributed by atoms with Crippen LogP contribution in [0.25, 0.3) is 0 Å². The molecular formula is C37H54O3. The minimum Gasteiger partial charge on any atom is -0.460 e. The highest BCUT2D eigenvalue weighted by Gasteiger charge is 2.69. The second-order valence-corrected chi connectivity index (χ2v) is 16.4. The van der Waals surface area contributed by atoms with E-state index in [1.807, 2.05) is 18.2 Å². The Morgan fingerprint density at radius 1 is 0.925 bits per heavy atom. The number of carbonyl (C=O) groups excluding carboxylic acids is 1. The van der Waals surface area contributed by atoms with E-state index in [9.17, 15) is 9.90 Å². The van der Waals surface area contributed by atoms with Gasteiger partial charge in [-0.15, -0.1) is 0 Å². The molecule has 5 aliphatic carbocycles. The van der Waals surface area contributed by atoms with Crippen molar-refractivity contribution in [3.05, 3.63) is 47.5 Å². The van der Waals surface area contributed by atoms with Crippen molar-refractivity contribution in [2.45, 2.75) is 119 Å². The molecule has 0 saturated heterocycles. The molecule has 3 nitrogen and oxygen atoms in total. The molecule has 3 heteroatoms. The Bertz CT molecular complexity index is 1170. The van der Waals surface area contributed by atoms with Crippen LogP contribution in [0.15, 0.2) is 42.0 Å². The molecular weight excluding hydrogens is 492 g/mol. The zero-order chi connectivity index (χ0) is 28.7. The number of esters is 1. The summed E-state index contributed by atoms with van der Waals surface area (Å²) in [6.45, 7) is 17.7. The lowest BCUT2D eigenvalue weighted by Crippen LogP contribution is -2.65. The van der Waals surface area contributed by atoms with Gasteiger partial charge in [0.15, 0.2) is 0 Å². The molecule has 0 radical (unpaired) electrons. The second-order valence-electron chi connectivity index (χ2n) is 16.4. The lowest BCUT2D eigenvalue weighted by Gasteiger charge is -2.71. The summed E-state index contributed by atoms with van der Waals surface area (Å²) in [5.74, 6) is 2.60. The van der Waals surface area contributed by atoms with Crippen LogP contribution in [-0.2, 0) is 16.1 Å². The first-order valence-corrected chi connectivity index (χ1v) is 16.4. The number of allylic oxidation sites excluding steroid dienone is 2. The van der Waals surface area contributed by atoms with Crippen LogP contribution in [0.5, 0.6) is 0 Å². The summed E-state index contributed by atoms with van der Waals surface area (Å²) >= 11 is 0. The number of ether oxygens (including phenoxy) is 1. The van der Waals surface area contributed by atoms with Gasteiger partial charge in [0.1, 0.15) is 6.61 Å². The number of hydrogen-bond donors (Lipinski definition) is 1. The van der Waals surface area contributed by atoms with Crippen molar-refractivity contribution >= 4 is 5.97 Å². The highest BCUT2D eigenvalue weighted by Crippen LogP contribution is 2.75. The summed E-state index contributed by atoms with van der Waals surface area (Å²) in [6, 6.07) is 10.2. The fourth-order valence-electron chi connectivity index (χ4n) is 12.0. The molecule has 1 aromatic rings. The molecule has 1 aromatic carbocycles. The van der Waals surface area contributed by atoms with Crippen LogP contribution in [-0.4, -0.2) is 17.2 Å². The molecule has 1 N–H and O–H groups in total. The third-order valence-corrected chi connectivity index (χ3v) is 14.3. The molecule has 220 valence electrons. The zero-order valence-corrected chi connectivity index (χ0v) is 26.3. The van der Waals surface area contributed by atoms with E-state index in [1.165, 1.54) is 12.8 Å². The van der Waals surface area contributed by atoms with Crippen molar-refractivity contribution in [1.29, 1.82) is 0 Å². The van der Waals surface area contributed by atoms with E-state index in [0.29, 0.717) is 30.3 Å². The Labute approximate surface area is 243 Å². The highest BCUT2D eigenvalue weighted by atomic mass is 16.5. The van der Waals surface area contributed by atoms with Gasteiger partial charge in [0.25, 0.3) is 0 Å². The molecule has 0 bridgehead atoms. The first kappa shape index (κ1) is 28.5. The van der Waals surface area contributed by atoms with Crippen molar-refractivity contribution in [1.82, 2.24) is 0 Å². The second kappa shape index (κ2) is 9.45. The van der Waals surface area contributed by atoms with Gasteiger partial charge in [-0.2, -0.15) is 0 Å². The molecule has 0 aliphatic heterocycles. The number of benzene rings is 1. The molecule has 1 unspecified atom stereocenters. The lowest BCUT2D eigenvalue weighted by atomic mass is 9.33. The van der Waals surface area contributed by atoms with Gasteiger partial charge >= 0.3 is 5.97 Å². The summed E-state index contributed by atoms with van der Waals surface area (Å²) in [5, 5.41) is 11.1. The highest BCUT2D eigenvalue weighted by molar-refractivity contribution is 5.79. The monoisotopic (exact) mass is 546 g/mol. The summed E-state index contributed by atoms with van der Waals surface area (Å²) < 4.78 is 6.18. The maximum absolute atomic E-state index is 14.2. The van der Waals surface area contributed by atoms with Gasteiger partial charge in [-0.3, -0.25) is 4.79 Å². The molecule has 0 spiro atoms. The molecule has 10 atom stereocenters. The lowest BCUT2D eigenvalue weighted by molar-refractivity contribution is -0.203. The maximum atomic E-state index is 14.2. The average molecular weight is 547 g/mol. The van der Waals surface area contributed by atoms with Crippen molar-refractivity contribution in [3.63, 3.8) is 0 Å². The molecule has 4 saturated carbocycles. The predicted molar refractivity (Wildman–Crippen MR) is 161 cm³/mol. The fourth-order valence-corrected chi connectivity index (χ4v) is 12.0. The van der Waals surface area contributed by atoms with E-state index < -0.39 is 5.41 Å². The third-order valence-electron chi connectivity index (χ3n) is 14.3. The minimum absolute atomic E-state index is 0.0446. The largest absolute Gasteiger partial charge is 0.460 e. The number of rotatable bonds is 3. The first-order valence-electron chi connectivity index (χ1n) is 16.4. The van der Waals surface area contributed by atoms with E-state index in [0.717, 1.165) is 50.5 Å². The summed E-state index contributed by atoms with van der Waals surface area (Å²) in [6.07, 6.45) is 12.0. The normalized spacial score (nSPS) is 47.5. The standard InChI is InChI=1S/C37H54O3/c1-24-15-18-37(32(39)40-23-26-11-9-8-10-12-26)20-19-35(6)28(31(37)25(24)2)13-14-30-34(5)22-27(38)21-33(3,4)29(34)16-17-36(30,35)7/h8-13,24-25,27,29-31,38H,14-23H2,1-7H3/t24?,25-,27+,29-,30+,31-,34-,35+,36+,37-/m0/s1. The first-order chi connectivity index (χ1) is 18.8. The maximum Gasteiger partial charge on any atom is 0.313 e. The van der Waals surface area contributed by atoms with Gasteiger partial charge in [0, 0.05) is 0 Å². The Kier molecular flexibility index (Phi) is 6.73. The fraction of sp³-hybridized carbons (Fsp3) is 0.757. The predicted octanol–water partition coefficient (Wildman–Crippen LogP) is 8.75. The Morgan fingerprint density at radius 2 is 1.65 bits per heavy atom. The van der Waals surface area contributed by atoms with Crippen LogP contribution in [0.1, 0.15) is 112 Å². The molecule has 0 aromatic heterocycles. The number of hydrogen-bond acceptors (Lipinski definition) is 3. The molecule has 40 heavy (non-hydrogen) atoms. The quantitative estimate of drug-likeness (QED) is 0.304. The summed E-state index contributed by atoms with van der Waals surface area (Å²) in [5.41, 5.74) is 2.83. The third kappa shape index (κ3) is 3.88. The van der Waals surface area contributed by atoms with Crippen LogP contribution < -0.4 is 0 Å². The molecule has 0 amide bonds. The molecule has 0 heterocycles. The van der Waals surface area contributed by atoms with Gasteiger partial charge in [-0.1, -0.05) is 90.4 Å². The van der Waals surface area contributed by atoms with Gasteiger partial charge in [0.05, 0.1) is 11.5 Å². The van der Waals surface area contributed by atoms with E-state index in [4.69, 9.17) is 4.74 Å². The van der Waals surface area contributed by atoms with E-state index in [2.05, 4.69) is 66.7 Å². The summed E-state index contributed by atoms with van der Waals surface area (Å²) in [7, 11) is 0. The van der Waals surface area contributed by atoms with Gasteiger partial charge in [0.2, 0.25) is 0 Å². The zero-order valence-electron chi connectivity index (χ0n) is 26.3. The number of fused-ring (bicyclic) bond motifs is 7.